The molecular weight excluding hydrogens is 387 g/mol. The van der Waals surface area contributed by atoms with Crippen molar-refractivity contribution in [2.24, 2.45) is 0 Å². The Labute approximate surface area is 155 Å². The van der Waals surface area contributed by atoms with Gasteiger partial charge in [0.1, 0.15) is 10.6 Å². The van der Waals surface area contributed by atoms with Crippen molar-refractivity contribution in [2.75, 3.05) is 5.32 Å². The fourth-order valence-corrected chi connectivity index (χ4v) is 3.06. The van der Waals surface area contributed by atoms with Gasteiger partial charge in [0.15, 0.2) is 0 Å². The van der Waals surface area contributed by atoms with Crippen LogP contribution in [-0.4, -0.2) is 15.5 Å². The van der Waals surface area contributed by atoms with Gasteiger partial charge in [-0.25, -0.2) is 0 Å². The largest absolute Gasteiger partial charge is 0.417 e. The summed E-state index contributed by atoms with van der Waals surface area (Å²) in [5, 5.41) is 5.96. The van der Waals surface area contributed by atoms with Crippen LogP contribution in [0.4, 0.5) is 18.9 Å². The first-order valence-corrected chi connectivity index (χ1v) is 8.48. The molecule has 0 fully saturated rings. The summed E-state index contributed by atoms with van der Waals surface area (Å²) in [4.78, 5) is 12.7. The Morgan fingerprint density at radius 1 is 1.15 bits per heavy atom. The molecular formula is C17H11ClF3N3OS. The second-order valence-corrected chi connectivity index (χ2v) is 6.62. The molecule has 9 heteroatoms. The minimum Gasteiger partial charge on any atom is -0.321 e. The third-order valence-corrected chi connectivity index (χ3v) is 4.60. The van der Waals surface area contributed by atoms with Gasteiger partial charge in [0.25, 0.3) is 5.91 Å². The lowest BCUT2D eigenvalue weighted by molar-refractivity contribution is -0.137. The highest BCUT2D eigenvalue weighted by Crippen LogP contribution is 2.36. The number of hydrogen-bond donors (Lipinski definition) is 1. The van der Waals surface area contributed by atoms with E-state index in [0.29, 0.717) is 11.3 Å². The van der Waals surface area contributed by atoms with Crippen molar-refractivity contribution in [3.8, 4) is 11.3 Å². The van der Waals surface area contributed by atoms with Crippen molar-refractivity contribution < 1.29 is 18.0 Å². The van der Waals surface area contributed by atoms with Crippen LogP contribution in [0.2, 0.25) is 5.02 Å². The van der Waals surface area contributed by atoms with E-state index in [0.717, 1.165) is 29.2 Å². The summed E-state index contributed by atoms with van der Waals surface area (Å²) in [5.74, 6) is -0.592. The van der Waals surface area contributed by atoms with Gasteiger partial charge in [-0.2, -0.15) is 13.2 Å². The molecule has 0 spiro atoms. The van der Waals surface area contributed by atoms with Crippen molar-refractivity contribution in [3.63, 3.8) is 0 Å². The van der Waals surface area contributed by atoms with E-state index in [1.807, 2.05) is 19.1 Å². The van der Waals surface area contributed by atoms with Crippen molar-refractivity contribution in [2.45, 2.75) is 13.1 Å². The topological polar surface area (TPSA) is 54.9 Å². The van der Waals surface area contributed by atoms with E-state index in [9.17, 15) is 18.0 Å². The molecule has 0 radical (unpaired) electrons. The number of carbonyl (C=O) groups excluding carboxylic acids is 1. The maximum absolute atomic E-state index is 12.9. The second-order valence-electron chi connectivity index (χ2n) is 5.46. The zero-order valence-electron chi connectivity index (χ0n) is 13.3. The number of halogens is 4. The van der Waals surface area contributed by atoms with E-state index >= 15 is 0 Å². The standard InChI is InChI=1S/C17H11ClF3N3OS/c1-9-2-4-10(5-3-9)14-15(26-24-23-14)16(25)22-11-6-7-13(18)12(8-11)17(19,20)21/h2-8H,1H3,(H,22,25). The molecule has 0 bridgehead atoms. The molecule has 1 aromatic heterocycles. The van der Waals surface area contributed by atoms with E-state index in [1.165, 1.54) is 6.07 Å². The molecule has 3 rings (SSSR count). The van der Waals surface area contributed by atoms with Crippen molar-refractivity contribution in [3.05, 3.63) is 63.5 Å². The summed E-state index contributed by atoms with van der Waals surface area (Å²) >= 11 is 6.45. The third kappa shape index (κ3) is 3.86. The van der Waals surface area contributed by atoms with Gasteiger partial charge in [0.2, 0.25) is 0 Å². The van der Waals surface area contributed by atoms with Crippen LogP contribution >= 0.6 is 23.1 Å². The maximum Gasteiger partial charge on any atom is 0.417 e. The third-order valence-electron chi connectivity index (χ3n) is 3.55. The van der Waals surface area contributed by atoms with Crippen LogP contribution in [0.5, 0.6) is 0 Å². The van der Waals surface area contributed by atoms with Gasteiger partial charge in [0.05, 0.1) is 10.6 Å². The number of alkyl halides is 3. The van der Waals surface area contributed by atoms with Gasteiger partial charge in [-0.15, -0.1) is 5.10 Å². The number of aryl methyl sites for hydroxylation is 1. The minimum absolute atomic E-state index is 0.0185. The summed E-state index contributed by atoms with van der Waals surface area (Å²) in [6, 6.07) is 10.5. The fourth-order valence-electron chi connectivity index (χ4n) is 2.25. The summed E-state index contributed by atoms with van der Waals surface area (Å²) in [6.45, 7) is 1.93. The van der Waals surface area contributed by atoms with Crippen LogP contribution in [0.15, 0.2) is 42.5 Å². The number of hydrogen-bond acceptors (Lipinski definition) is 4. The lowest BCUT2D eigenvalue weighted by Gasteiger charge is -2.11. The van der Waals surface area contributed by atoms with E-state index in [1.54, 1.807) is 12.1 Å². The number of nitrogens with one attached hydrogen (secondary N) is 1. The van der Waals surface area contributed by atoms with Gasteiger partial charge in [-0.3, -0.25) is 4.79 Å². The Morgan fingerprint density at radius 2 is 1.85 bits per heavy atom. The van der Waals surface area contributed by atoms with Crippen LogP contribution < -0.4 is 5.32 Å². The zero-order valence-corrected chi connectivity index (χ0v) is 14.8. The number of nitrogens with zero attached hydrogens (tertiary/aromatic N) is 2. The molecule has 0 saturated carbocycles. The number of carbonyl (C=O) groups is 1. The Kier molecular flexibility index (Phi) is 4.97. The molecule has 1 N–H and O–H groups in total. The quantitative estimate of drug-likeness (QED) is 0.640. The lowest BCUT2D eigenvalue weighted by Crippen LogP contribution is -2.13. The van der Waals surface area contributed by atoms with Gasteiger partial charge >= 0.3 is 6.18 Å². The van der Waals surface area contributed by atoms with Gasteiger partial charge in [-0.1, -0.05) is 45.9 Å². The molecule has 134 valence electrons. The van der Waals surface area contributed by atoms with Crippen LogP contribution in [0, 0.1) is 6.92 Å². The summed E-state index contributed by atoms with van der Waals surface area (Å²) in [6.07, 6.45) is -4.61. The Bertz CT molecular complexity index is 955. The Morgan fingerprint density at radius 3 is 2.50 bits per heavy atom. The van der Waals surface area contributed by atoms with Gasteiger partial charge in [-0.05, 0) is 36.7 Å². The van der Waals surface area contributed by atoms with Gasteiger partial charge < -0.3 is 5.32 Å². The van der Waals surface area contributed by atoms with E-state index in [2.05, 4.69) is 14.9 Å². The monoisotopic (exact) mass is 397 g/mol. The molecule has 1 heterocycles. The first-order chi connectivity index (χ1) is 12.3. The zero-order chi connectivity index (χ0) is 18.9. The molecule has 0 saturated heterocycles. The first kappa shape index (κ1) is 18.3. The number of anilines is 1. The normalized spacial score (nSPS) is 11.4. The second kappa shape index (κ2) is 7.05. The number of rotatable bonds is 3. The lowest BCUT2D eigenvalue weighted by atomic mass is 10.1. The van der Waals surface area contributed by atoms with Crippen LogP contribution in [-0.2, 0) is 6.18 Å². The van der Waals surface area contributed by atoms with E-state index in [4.69, 9.17) is 11.6 Å². The predicted molar refractivity (Wildman–Crippen MR) is 94.5 cm³/mol. The summed E-state index contributed by atoms with van der Waals surface area (Å²) in [7, 11) is 0. The average Bonchev–Trinajstić information content (AvgIpc) is 3.06. The molecule has 0 atom stereocenters. The molecule has 1 amide bonds. The fraction of sp³-hybridized carbons (Fsp3) is 0.118. The highest BCUT2D eigenvalue weighted by atomic mass is 35.5. The van der Waals surface area contributed by atoms with Crippen molar-refractivity contribution >= 4 is 34.7 Å². The summed E-state index contributed by atoms with van der Waals surface area (Å²) in [5.41, 5.74) is 1.08. The first-order valence-electron chi connectivity index (χ1n) is 7.33. The van der Waals surface area contributed by atoms with Crippen molar-refractivity contribution in [1.82, 2.24) is 9.59 Å². The van der Waals surface area contributed by atoms with Crippen LogP contribution in [0.25, 0.3) is 11.3 Å². The van der Waals surface area contributed by atoms with Crippen LogP contribution in [0.3, 0.4) is 0 Å². The Balaban J connectivity index is 1.88. The molecule has 0 aliphatic heterocycles. The predicted octanol–water partition coefficient (Wildman–Crippen LogP) is 5.44. The van der Waals surface area contributed by atoms with Gasteiger partial charge in [0, 0.05) is 11.3 Å². The molecule has 26 heavy (non-hydrogen) atoms. The van der Waals surface area contributed by atoms with E-state index in [-0.39, 0.29) is 10.6 Å². The number of aromatic nitrogens is 2. The molecule has 0 aliphatic carbocycles. The highest BCUT2D eigenvalue weighted by Gasteiger charge is 2.33. The maximum atomic E-state index is 12.9. The smallest absolute Gasteiger partial charge is 0.321 e. The number of amides is 1. The molecule has 0 aliphatic rings. The summed E-state index contributed by atoms with van der Waals surface area (Å²) < 4.78 is 42.6. The molecule has 0 unspecified atom stereocenters. The van der Waals surface area contributed by atoms with Crippen LogP contribution in [0.1, 0.15) is 20.8 Å². The van der Waals surface area contributed by atoms with Crippen molar-refractivity contribution in [1.29, 1.82) is 0 Å². The minimum atomic E-state index is -4.61. The number of benzene rings is 2. The molecule has 3 aromatic rings. The molecule has 2 aromatic carbocycles. The Hall–Kier alpha value is -2.45. The SMILES string of the molecule is Cc1ccc(-c2nnsc2C(=O)Nc2ccc(Cl)c(C(F)(F)F)c2)cc1. The van der Waals surface area contributed by atoms with E-state index < -0.39 is 22.7 Å². The highest BCUT2D eigenvalue weighted by molar-refractivity contribution is 7.08. The average molecular weight is 398 g/mol. The molecule has 4 nitrogen and oxygen atoms in total.